The molecule has 1 aromatic carbocycles. The van der Waals surface area contributed by atoms with Crippen LogP contribution < -0.4 is 10.6 Å². The molecular weight excluding hydrogens is 302 g/mol. The smallest absolute Gasteiger partial charge is 0.241 e. The zero-order valence-corrected chi connectivity index (χ0v) is 12.6. The van der Waals surface area contributed by atoms with Crippen LogP contribution in [0.5, 0.6) is 0 Å². The van der Waals surface area contributed by atoms with Crippen LogP contribution in [0.1, 0.15) is 6.92 Å². The molecule has 0 spiro atoms. The number of halogens is 1. The molecule has 0 aliphatic carbocycles. The number of hydrogen-bond donors (Lipinski definition) is 2. The van der Waals surface area contributed by atoms with Crippen molar-refractivity contribution in [3.63, 3.8) is 0 Å². The van der Waals surface area contributed by atoms with Crippen molar-refractivity contribution in [2.75, 3.05) is 17.2 Å². The third-order valence-corrected chi connectivity index (χ3v) is 3.14. The van der Waals surface area contributed by atoms with E-state index in [1.165, 1.54) is 0 Å². The molecule has 2 heterocycles. The number of para-hydroxylation sites is 1. The Morgan fingerprint density at radius 1 is 1.14 bits per heavy atom. The Kier molecular flexibility index (Phi) is 4.15. The Balaban J connectivity index is 1.98. The molecular formula is C14H14ClN7. The maximum Gasteiger partial charge on any atom is 0.241 e. The van der Waals surface area contributed by atoms with Crippen molar-refractivity contribution in [1.29, 1.82) is 0 Å². The van der Waals surface area contributed by atoms with Crippen LogP contribution >= 0.6 is 11.6 Å². The summed E-state index contributed by atoms with van der Waals surface area (Å²) in [7, 11) is 0. The summed E-state index contributed by atoms with van der Waals surface area (Å²) in [6.07, 6.45) is 5.06. The van der Waals surface area contributed by atoms with Crippen molar-refractivity contribution in [3.8, 4) is 5.95 Å². The Morgan fingerprint density at radius 2 is 1.95 bits per heavy atom. The minimum atomic E-state index is 0.405. The van der Waals surface area contributed by atoms with Gasteiger partial charge in [-0.3, -0.25) is 4.57 Å². The Morgan fingerprint density at radius 3 is 2.68 bits per heavy atom. The molecule has 0 amide bonds. The van der Waals surface area contributed by atoms with Crippen molar-refractivity contribution >= 4 is 29.2 Å². The van der Waals surface area contributed by atoms with Crippen molar-refractivity contribution in [3.05, 3.63) is 48.0 Å². The van der Waals surface area contributed by atoms with E-state index in [2.05, 4.69) is 30.6 Å². The molecule has 0 saturated carbocycles. The van der Waals surface area contributed by atoms with Crippen molar-refractivity contribution in [2.45, 2.75) is 6.92 Å². The Labute approximate surface area is 132 Å². The highest BCUT2D eigenvalue weighted by Gasteiger charge is 2.09. The lowest BCUT2D eigenvalue weighted by molar-refractivity contribution is 0.896. The van der Waals surface area contributed by atoms with Gasteiger partial charge in [0.15, 0.2) is 0 Å². The van der Waals surface area contributed by atoms with Gasteiger partial charge < -0.3 is 10.6 Å². The van der Waals surface area contributed by atoms with Gasteiger partial charge in [-0.25, -0.2) is 4.98 Å². The minimum absolute atomic E-state index is 0.405. The molecule has 0 bridgehead atoms. The van der Waals surface area contributed by atoms with Crippen LogP contribution in [0.4, 0.5) is 17.6 Å². The Bertz CT molecular complexity index is 758. The van der Waals surface area contributed by atoms with Gasteiger partial charge in [-0.1, -0.05) is 23.7 Å². The van der Waals surface area contributed by atoms with Gasteiger partial charge in [0.2, 0.25) is 17.8 Å². The molecule has 8 heteroatoms. The van der Waals surface area contributed by atoms with E-state index in [1.54, 1.807) is 29.4 Å². The molecule has 0 fully saturated rings. The number of rotatable bonds is 5. The second-order valence-corrected chi connectivity index (χ2v) is 4.79. The predicted octanol–water partition coefficient (Wildman–Crippen LogP) is 2.89. The van der Waals surface area contributed by atoms with E-state index in [-0.39, 0.29) is 0 Å². The van der Waals surface area contributed by atoms with Gasteiger partial charge >= 0.3 is 0 Å². The number of imidazole rings is 1. The zero-order valence-electron chi connectivity index (χ0n) is 11.9. The summed E-state index contributed by atoms with van der Waals surface area (Å²) in [4.78, 5) is 17.1. The van der Waals surface area contributed by atoms with E-state index in [0.717, 1.165) is 5.69 Å². The van der Waals surface area contributed by atoms with Gasteiger partial charge in [-0.05, 0) is 19.1 Å². The molecule has 2 N–H and O–H groups in total. The third kappa shape index (κ3) is 3.15. The normalized spacial score (nSPS) is 10.5. The fourth-order valence-corrected chi connectivity index (χ4v) is 2.02. The summed E-state index contributed by atoms with van der Waals surface area (Å²) >= 11 is 6.15. The summed E-state index contributed by atoms with van der Waals surface area (Å²) in [6, 6.07) is 7.41. The largest absolute Gasteiger partial charge is 0.354 e. The minimum Gasteiger partial charge on any atom is -0.354 e. The molecule has 2 aromatic heterocycles. The maximum atomic E-state index is 6.15. The second kappa shape index (κ2) is 6.40. The van der Waals surface area contributed by atoms with Crippen LogP contribution in [0.15, 0.2) is 43.0 Å². The van der Waals surface area contributed by atoms with E-state index < -0.39 is 0 Å². The summed E-state index contributed by atoms with van der Waals surface area (Å²) in [5.74, 6) is 1.36. The van der Waals surface area contributed by atoms with Crippen LogP contribution in [0.3, 0.4) is 0 Å². The molecule has 0 atom stereocenters. The first kappa shape index (κ1) is 14.3. The average molecular weight is 316 g/mol. The number of nitrogens with zero attached hydrogens (tertiary/aromatic N) is 5. The first-order valence-corrected chi connectivity index (χ1v) is 7.14. The van der Waals surface area contributed by atoms with E-state index in [4.69, 9.17) is 11.6 Å². The zero-order chi connectivity index (χ0) is 15.4. The SMILES string of the molecule is CCNc1nc(Nc2ccccc2Cl)nc(-n2ccnc2)n1. The number of benzene rings is 1. The standard InChI is InChI=1S/C14H14ClN7/c1-2-17-12-19-13(18-11-6-4-3-5-10(11)15)21-14(20-12)22-8-7-16-9-22/h3-9H,2H2,1H3,(H2,17,18,19,20,21). The quantitative estimate of drug-likeness (QED) is 0.753. The van der Waals surface area contributed by atoms with Gasteiger partial charge in [0.25, 0.3) is 0 Å². The molecule has 0 radical (unpaired) electrons. The maximum absolute atomic E-state index is 6.15. The van der Waals surface area contributed by atoms with Crippen LogP contribution in [0.25, 0.3) is 5.95 Å². The number of aromatic nitrogens is 5. The summed E-state index contributed by atoms with van der Waals surface area (Å²) in [5.41, 5.74) is 0.731. The van der Waals surface area contributed by atoms with Gasteiger partial charge in [-0.15, -0.1) is 0 Å². The summed E-state index contributed by atoms with van der Waals surface area (Å²) in [6.45, 7) is 2.68. The molecule has 3 rings (SSSR count). The molecule has 0 aliphatic rings. The highest BCUT2D eigenvalue weighted by Crippen LogP contribution is 2.23. The molecule has 0 aliphatic heterocycles. The Hall–Kier alpha value is -2.67. The number of hydrogen-bond acceptors (Lipinski definition) is 6. The lowest BCUT2D eigenvalue weighted by Crippen LogP contribution is -2.10. The molecule has 7 nitrogen and oxygen atoms in total. The monoisotopic (exact) mass is 315 g/mol. The lowest BCUT2D eigenvalue weighted by atomic mass is 10.3. The van der Waals surface area contributed by atoms with Gasteiger partial charge in [0, 0.05) is 18.9 Å². The van der Waals surface area contributed by atoms with Crippen LogP contribution in [-0.4, -0.2) is 31.0 Å². The van der Waals surface area contributed by atoms with Crippen LogP contribution in [0, 0.1) is 0 Å². The molecule has 112 valence electrons. The van der Waals surface area contributed by atoms with Gasteiger partial charge in [0.05, 0.1) is 10.7 Å². The summed E-state index contributed by atoms with van der Waals surface area (Å²) in [5, 5.41) is 6.78. The highest BCUT2D eigenvalue weighted by molar-refractivity contribution is 6.33. The van der Waals surface area contributed by atoms with Gasteiger partial charge in [0.1, 0.15) is 6.33 Å². The average Bonchev–Trinajstić information content (AvgIpc) is 3.04. The fourth-order valence-electron chi connectivity index (χ4n) is 1.83. The first-order valence-electron chi connectivity index (χ1n) is 6.76. The topological polar surface area (TPSA) is 80.5 Å². The van der Waals surface area contributed by atoms with E-state index in [0.29, 0.717) is 29.4 Å². The van der Waals surface area contributed by atoms with E-state index in [9.17, 15) is 0 Å². The number of anilines is 3. The highest BCUT2D eigenvalue weighted by atomic mass is 35.5. The van der Waals surface area contributed by atoms with E-state index >= 15 is 0 Å². The number of nitrogens with one attached hydrogen (secondary N) is 2. The second-order valence-electron chi connectivity index (χ2n) is 4.39. The summed E-state index contributed by atoms with van der Waals surface area (Å²) < 4.78 is 1.71. The fraction of sp³-hybridized carbons (Fsp3) is 0.143. The van der Waals surface area contributed by atoms with Crippen molar-refractivity contribution < 1.29 is 0 Å². The molecule has 0 unspecified atom stereocenters. The van der Waals surface area contributed by atoms with Crippen LogP contribution in [-0.2, 0) is 0 Å². The van der Waals surface area contributed by atoms with Crippen molar-refractivity contribution in [1.82, 2.24) is 24.5 Å². The molecule has 22 heavy (non-hydrogen) atoms. The predicted molar refractivity (Wildman–Crippen MR) is 85.8 cm³/mol. The first-order chi connectivity index (χ1) is 10.8. The molecule has 3 aromatic rings. The van der Waals surface area contributed by atoms with Gasteiger partial charge in [-0.2, -0.15) is 15.0 Å². The molecule has 0 saturated heterocycles. The van der Waals surface area contributed by atoms with Crippen molar-refractivity contribution in [2.24, 2.45) is 0 Å². The van der Waals surface area contributed by atoms with E-state index in [1.807, 2.05) is 25.1 Å². The van der Waals surface area contributed by atoms with Crippen LogP contribution in [0.2, 0.25) is 5.02 Å². The lowest BCUT2D eigenvalue weighted by Gasteiger charge is -2.10. The third-order valence-electron chi connectivity index (χ3n) is 2.81.